The maximum atomic E-state index is 13.3. The molecule has 0 aliphatic rings. The van der Waals surface area contributed by atoms with Crippen LogP contribution in [0.15, 0.2) is 18.2 Å². The summed E-state index contributed by atoms with van der Waals surface area (Å²) in [7, 11) is 0. The summed E-state index contributed by atoms with van der Waals surface area (Å²) in [5, 5.41) is 2.36. The molecular weight excluding hydrogens is 316 g/mol. The van der Waals surface area contributed by atoms with Gasteiger partial charge in [0, 0.05) is 19.0 Å². The van der Waals surface area contributed by atoms with Crippen LogP contribution in [0.5, 0.6) is 0 Å². The lowest BCUT2D eigenvalue weighted by molar-refractivity contribution is -0.138. The average Bonchev–Trinajstić information content (AvgIpc) is 2.35. The molecule has 0 aliphatic carbocycles. The van der Waals surface area contributed by atoms with E-state index in [0.29, 0.717) is 6.07 Å². The number of hydrogen-bond acceptors (Lipinski definition) is 3. The van der Waals surface area contributed by atoms with Crippen LogP contribution in [0.1, 0.15) is 37.8 Å². The number of nitrogens with one attached hydrogen (secondary N) is 1. The zero-order valence-corrected chi connectivity index (χ0v) is 13.1. The molecule has 0 bridgehead atoms. The predicted octanol–water partition coefficient (Wildman–Crippen LogP) is 3.41. The van der Waals surface area contributed by atoms with Gasteiger partial charge in [-0.15, -0.1) is 0 Å². The maximum absolute atomic E-state index is 13.3. The van der Waals surface area contributed by atoms with Crippen LogP contribution in [0.3, 0.4) is 0 Å². The minimum absolute atomic E-state index is 0.192. The number of nitrogens with two attached hydrogens (primary N) is 1. The molecule has 1 rings (SSSR count). The van der Waals surface area contributed by atoms with E-state index >= 15 is 0 Å². The molecule has 1 atom stereocenters. The van der Waals surface area contributed by atoms with Gasteiger partial charge < -0.3 is 15.8 Å². The number of carbonyl (C=O) groups excluding carboxylic acids is 1. The summed E-state index contributed by atoms with van der Waals surface area (Å²) in [5.74, 6) is -1.70. The smallest absolute Gasteiger partial charge is 0.416 e. The Hall–Kier alpha value is -1.83. The average molecular weight is 336 g/mol. The normalized spacial score (nSPS) is 13.6. The highest BCUT2D eigenvalue weighted by Crippen LogP contribution is 2.35. The van der Waals surface area contributed by atoms with Crippen LogP contribution in [0.4, 0.5) is 22.4 Å². The molecule has 0 saturated heterocycles. The second-order valence-corrected chi connectivity index (χ2v) is 6.04. The van der Waals surface area contributed by atoms with Crippen molar-refractivity contribution in [2.45, 2.75) is 38.5 Å². The number of halogens is 4. The van der Waals surface area contributed by atoms with Gasteiger partial charge in [-0.1, -0.05) is 0 Å². The summed E-state index contributed by atoms with van der Waals surface area (Å²) in [6.07, 6.45) is -5.41. The summed E-state index contributed by atoms with van der Waals surface area (Å²) in [5.41, 5.74) is 3.49. The van der Waals surface area contributed by atoms with E-state index in [1.807, 2.05) is 0 Å². The first-order valence-electron chi connectivity index (χ1n) is 6.97. The van der Waals surface area contributed by atoms with Crippen molar-refractivity contribution in [2.24, 2.45) is 5.73 Å². The Morgan fingerprint density at radius 2 is 1.91 bits per heavy atom. The molecule has 23 heavy (non-hydrogen) atoms. The van der Waals surface area contributed by atoms with Crippen molar-refractivity contribution in [1.82, 2.24) is 5.32 Å². The van der Waals surface area contributed by atoms with Gasteiger partial charge in [0.15, 0.2) is 0 Å². The molecule has 0 aliphatic heterocycles. The molecular formula is C15H20F4N2O2. The van der Waals surface area contributed by atoms with Crippen molar-refractivity contribution in [1.29, 1.82) is 0 Å². The molecule has 0 aromatic heterocycles. The SMILES string of the molecule is CC(C)(C)OC(=O)NCC(CN)c1cc(F)ccc1C(F)(F)F. The standard InChI is InChI=1S/C15H20F4N2O2/c1-14(2,3)23-13(22)21-8-9(7-20)11-6-10(16)4-5-12(11)15(17,18)19/h4-6,9H,7-8,20H2,1-3H3,(H,21,22). The third-order valence-electron chi connectivity index (χ3n) is 2.94. The van der Waals surface area contributed by atoms with Gasteiger partial charge in [-0.25, -0.2) is 9.18 Å². The lowest BCUT2D eigenvalue weighted by Crippen LogP contribution is -2.36. The van der Waals surface area contributed by atoms with E-state index in [9.17, 15) is 22.4 Å². The Bertz CT molecular complexity index is 553. The summed E-state index contributed by atoms with van der Waals surface area (Å²) in [6.45, 7) is 4.57. The minimum Gasteiger partial charge on any atom is -0.444 e. The number of rotatable bonds is 4. The molecule has 3 N–H and O–H groups in total. The van der Waals surface area contributed by atoms with E-state index in [2.05, 4.69) is 5.32 Å². The second kappa shape index (κ2) is 7.16. The van der Waals surface area contributed by atoms with Gasteiger partial charge >= 0.3 is 12.3 Å². The fourth-order valence-electron chi connectivity index (χ4n) is 1.97. The molecule has 0 fully saturated rings. The van der Waals surface area contributed by atoms with Gasteiger partial charge in [-0.3, -0.25) is 0 Å². The molecule has 1 unspecified atom stereocenters. The van der Waals surface area contributed by atoms with Crippen LogP contribution in [-0.4, -0.2) is 24.8 Å². The van der Waals surface area contributed by atoms with Gasteiger partial charge in [0.05, 0.1) is 5.56 Å². The quantitative estimate of drug-likeness (QED) is 0.828. The van der Waals surface area contributed by atoms with Crippen molar-refractivity contribution < 1.29 is 27.1 Å². The lowest BCUT2D eigenvalue weighted by atomic mass is 9.93. The number of alkyl carbamates (subject to hydrolysis) is 1. The first-order valence-corrected chi connectivity index (χ1v) is 6.97. The van der Waals surface area contributed by atoms with Gasteiger partial charge in [0.25, 0.3) is 0 Å². The highest BCUT2D eigenvalue weighted by molar-refractivity contribution is 5.67. The van der Waals surface area contributed by atoms with Gasteiger partial charge in [-0.2, -0.15) is 13.2 Å². The Kier molecular flexibility index (Phi) is 5.98. The van der Waals surface area contributed by atoms with E-state index < -0.39 is 35.2 Å². The van der Waals surface area contributed by atoms with E-state index in [1.54, 1.807) is 20.8 Å². The van der Waals surface area contributed by atoms with Crippen molar-refractivity contribution in [2.75, 3.05) is 13.1 Å². The molecule has 1 aromatic rings. The minimum atomic E-state index is -4.64. The zero-order valence-electron chi connectivity index (χ0n) is 13.1. The summed E-state index contributed by atoms with van der Waals surface area (Å²) in [6, 6.07) is 2.19. The Labute approximate surface area is 132 Å². The van der Waals surface area contributed by atoms with Gasteiger partial charge in [-0.05, 0) is 44.5 Å². The largest absolute Gasteiger partial charge is 0.444 e. The van der Waals surface area contributed by atoms with Crippen LogP contribution >= 0.6 is 0 Å². The van der Waals surface area contributed by atoms with Crippen molar-refractivity contribution in [3.05, 3.63) is 35.1 Å². The second-order valence-electron chi connectivity index (χ2n) is 6.04. The fraction of sp³-hybridized carbons (Fsp3) is 0.533. The van der Waals surface area contributed by atoms with Crippen LogP contribution in [0, 0.1) is 5.82 Å². The molecule has 0 spiro atoms. The Morgan fingerprint density at radius 1 is 1.30 bits per heavy atom. The first kappa shape index (κ1) is 19.2. The van der Waals surface area contributed by atoms with Crippen molar-refractivity contribution in [3.8, 4) is 0 Å². The molecule has 1 amide bonds. The van der Waals surface area contributed by atoms with Crippen molar-refractivity contribution >= 4 is 6.09 Å². The van der Waals surface area contributed by atoms with E-state index in [0.717, 1.165) is 12.1 Å². The summed E-state index contributed by atoms with van der Waals surface area (Å²) >= 11 is 0. The van der Waals surface area contributed by atoms with E-state index in [1.165, 1.54) is 0 Å². The monoisotopic (exact) mass is 336 g/mol. The van der Waals surface area contributed by atoms with E-state index in [-0.39, 0.29) is 18.7 Å². The van der Waals surface area contributed by atoms with Crippen LogP contribution in [-0.2, 0) is 10.9 Å². The molecule has 8 heteroatoms. The lowest BCUT2D eigenvalue weighted by Gasteiger charge is -2.23. The Morgan fingerprint density at radius 3 is 2.39 bits per heavy atom. The summed E-state index contributed by atoms with van der Waals surface area (Å²) in [4.78, 5) is 11.6. The number of ether oxygens (including phenoxy) is 1. The van der Waals surface area contributed by atoms with E-state index in [4.69, 9.17) is 10.5 Å². The number of carbonyl (C=O) groups is 1. The highest BCUT2D eigenvalue weighted by atomic mass is 19.4. The number of benzene rings is 1. The molecule has 0 saturated carbocycles. The molecule has 4 nitrogen and oxygen atoms in total. The third kappa shape index (κ3) is 6.05. The molecule has 130 valence electrons. The zero-order chi connectivity index (χ0) is 17.8. The highest BCUT2D eigenvalue weighted by Gasteiger charge is 2.35. The van der Waals surface area contributed by atoms with Crippen LogP contribution in [0.2, 0.25) is 0 Å². The maximum Gasteiger partial charge on any atom is 0.416 e. The summed E-state index contributed by atoms with van der Waals surface area (Å²) < 4.78 is 57.4. The molecule has 0 heterocycles. The van der Waals surface area contributed by atoms with Gasteiger partial charge in [0.2, 0.25) is 0 Å². The molecule has 0 radical (unpaired) electrons. The number of alkyl halides is 3. The fourth-order valence-corrected chi connectivity index (χ4v) is 1.97. The topological polar surface area (TPSA) is 64.3 Å². The predicted molar refractivity (Wildman–Crippen MR) is 77.4 cm³/mol. The number of amides is 1. The Balaban J connectivity index is 2.94. The third-order valence-corrected chi connectivity index (χ3v) is 2.94. The molecule has 1 aromatic carbocycles. The van der Waals surface area contributed by atoms with Crippen LogP contribution < -0.4 is 11.1 Å². The van der Waals surface area contributed by atoms with Crippen LogP contribution in [0.25, 0.3) is 0 Å². The van der Waals surface area contributed by atoms with Crippen molar-refractivity contribution in [3.63, 3.8) is 0 Å². The number of hydrogen-bond donors (Lipinski definition) is 2. The van der Waals surface area contributed by atoms with Gasteiger partial charge in [0.1, 0.15) is 11.4 Å². The first-order chi connectivity index (χ1) is 10.4.